The van der Waals surface area contributed by atoms with Gasteiger partial charge in [-0.25, -0.2) is 0 Å². The number of aryl methyl sites for hydroxylation is 1. The Morgan fingerprint density at radius 1 is 1.06 bits per heavy atom. The minimum absolute atomic E-state index is 0.0183. The van der Waals surface area contributed by atoms with Gasteiger partial charge in [-0.1, -0.05) is 55.6 Å². The van der Waals surface area contributed by atoms with Gasteiger partial charge >= 0.3 is 6.18 Å². The van der Waals surface area contributed by atoms with E-state index >= 15 is 0 Å². The molecule has 1 saturated carbocycles. The van der Waals surface area contributed by atoms with Crippen LogP contribution in [-0.2, 0) is 30.6 Å². The molecular formula is C25H30F3NO2. The van der Waals surface area contributed by atoms with Crippen LogP contribution in [0, 0.1) is 0 Å². The first kappa shape index (κ1) is 23.3. The molecule has 0 aromatic heterocycles. The number of aliphatic hydroxyl groups is 1. The van der Waals surface area contributed by atoms with Crippen LogP contribution in [-0.4, -0.2) is 10.8 Å². The van der Waals surface area contributed by atoms with Crippen LogP contribution >= 0.6 is 0 Å². The quantitative estimate of drug-likeness (QED) is 0.388. The molecule has 0 amide bonds. The number of rotatable bonds is 7. The van der Waals surface area contributed by atoms with Crippen molar-refractivity contribution in [3.63, 3.8) is 0 Å². The second-order valence-corrected chi connectivity index (χ2v) is 8.20. The molecule has 0 aliphatic heterocycles. The molecule has 1 fully saturated rings. The van der Waals surface area contributed by atoms with E-state index in [-0.39, 0.29) is 19.1 Å². The van der Waals surface area contributed by atoms with Crippen LogP contribution in [0.1, 0.15) is 85.3 Å². The molecule has 2 aromatic carbocycles. The molecule has 2 aromatic rings. The van der Waals surface area contributed by atoms with Gasteiger partial charge in [0, 0.05) is 0 Å². The highest BCUT2D eigenvalue weighted by molar-refractivity contribution is 5.98. The standard InChI is InChI=1S/C25H30F3NO2/c1-3-19-14-21(10-11-22(19)15-30)17(2)29-31-16-18-9-12-23(20-7-5-4-6-8-20)24(13-18)25(26,27)28/h9-14,20,30H,3-8,15-16H2,1-2H3. The summed E-state index contributed by atoms with van der Waals surface area (Å²) in [5, 5.41) is 13.5. The van der Waals surface area contributed by atoms with E-state index in [1.807, 2.05) is 25.1 Å². The fourth-order valence-corrected chi connectivity index (χ4v) is 4.30. The molecule has 0 spiro atoms. The van der Waals surface area contributed by atoms with Crippen LogP contribution < -0.4 is 0 Å². The lowest BCUT2D eigenvalue weighted by molar-refractivity contribution is -0.138. The molecule has 0 heterocycles. The first-order valence-corrected chi connectivity index (χ1v) is 10.9. The lowest BCUT2D eigenvalue weighted by Crippen LogP contribution is -2.15. The highest BCUT2D eigenvalue weighted by Crippen LogP contribution is 2.41. The van der Waals surface area contributed by atoms with Crippen molar-refractivity contribution >= 4 is 5.71 Å². The third-order valence-corrected chi connectivity index (χ3v) is 6.08. The predicted molar refractivity (Wildman–Crippen MR) is 116 cm³/mol. The number of aliphatic hydroxyl groups excluding tert-OH is 1. The van der Waals surface area contributed by atoms with Gasteiger partial charge in [-0.2, -0.15) is 13.2 Å². The number of hydrogen-bond donors (Lipinski definition) is 1. The van der Waals surface area contributed by atoms with Gasteiger partial charge in [0.15, 0.2) is 0 Å². The Balaban J connectivity index is 1.74. The number of halogens is 3. The van der Waals surface area contributed by atoms with Crippen molar-refractivity contribution in [2.45, 2.75) is 77.7 Å². The van der Waals surface area contributed by atoms with Crippen molar-refractivity contribution in [1.29, 1.82) is 0 Å². The van der Waals surface area contributed by atoms with Gasteiger partial charge in [-0.15, -0.1) is 0 Å². The lowest BCUT2D eigenvalue weighted by Gasteiger charge is -2.25. The largest absolute Gasteiger partial charge is 0.416 e. The van der Waals surface area contributed by atoms with Gasteiger partial charge in [-0.05, 0) is 72.1 Å². The van der Waals surface area contributed by atoms with Crippen LogP contribution in [0.25, 0.3) is 0 Å². The number of oxime groups is 1. The number of hydrogen-bond acceptors (Lipinski definition) is 3. The molecule has 0 bridgehead atoms. The van der Waals surface area contributed by atoms with Crippen LogP contribution in [0.5, 0.6) is 0 Å². The first-order valence-electron chi connectivity index (χ1n) is 10.9. The molecule has 3 rings (SSSR count). The van der Waals surface area contributed by atoms with E-state index in [9.17, 15) is 18.3 Å². The van der Waals surface area contributed by atoms with Crippen molar-refractivity contribution in [2.75, 3.05) is 0 Å². The molecular weight excluding hydrogens is 403 g/mol. The van der Waals surface area contributed by atoms with Gasteiger partial charge in [0.1, 0.15) is 6.61 Å². The van der Waals surface area contributed by atoms with Crippen LogP contribution in [0.15, 0.2) is 41.6 Å². The van der Waals surface area contributed by atoms with E-state index in [1.54, 1.807) is 19.1 Å². The van der Waals surface area contributed by atoms with E-state index in [0.717, 1.165) is 55.2 Å². The Morgan fingerprint density at radius 3 is 2.45 bits per heavy atom. The fourth-order valence-electron chi connectivity index (χ4n) is 4.30. The number of benzene rings is 2. The summed E-state index contributed by atoms with van der Waals surface area (Å²) in [7, 11) is 0. The summed E-state index contributed by atoms with van der Waals surface area (Å²) in [6.45, 7) is 3.76. The highest BCUT2D eigenvalue weighted by atomic mass is 19.4. The Morgan fingerprint density at radius 2 is 1.81 bits per heavy atom. The second kappa shape index (κ2) is 10.3. The maximum Gasteiger partial charge on any atom is 0.416 e. The van der Waals surface area contributed by atoms with Gasteiger partial charge in [0.2, 0.25) is 0 Å². The molecule has 1 N–H and O–H groups in total. The number of nitrogens with zero attached hydrogens (tertiary/aromatic N) is 1. The molecule has 0 saturated heterocycles. The van der Waals surface area contributed by atoms with Crippen LogP contribution in [0.4, 0.5) is 13.2 Å². The molecule has 0 unspecified atom stereocenters. The van der Waals surface area contributed by atoms with Crippen molar-refractivity contribution in [3.8, 4) is 0 Å². The maximum atomic E-state index is 13.7. The van der Waals surface area contributed by atoms with E-state index < -0.39 is 11.7 Å². The first-order chi connectivity index (χ1) is 14.8. The van der Waals surface area contributed by atoms with Crippen molar-refractivity contribution in [3.05, 3.63) is 69.8 Å². The molecule has 168 valence electrons. The average molecular weight is 434 g/mol. The Bertz CT molecular complexity index is 915. The third-order valence-electron chi connectivity index (χ3n) is 6.08. The zero-order valence-electron chi connectivity index (χ0n) is 18.1. The third kappa shape index (κ3) is 5.88. The Hall–Kier alpha value is -2.34. The van der Waals surface area contributed by atoms with E-state index in [2.05, 4.69) is 5.16 Å². The molecule has 0 atom stereocenters. The molecule has 1 aliphatic rings. The lowest BCUT2D eigenvalue weighted by atomic mass is 9.81. The van der Waals surface area contributed by atoms with E-state index in [0.29, 0.717) is 16.8 Å². The summed E-state index contributed by atoms with van der Waals surface area (Å²) in [5.41, 5.74) is 3.71. The maximum absolute atomic E-state index is 13.7. The monoisotopic (exact) mass is 433 g/mol. The zero-order valence-corrected chi connectivity index (χ0v) is 18.1. The second-order valence-electron chi connectivity index (χ2n) is 8.20. The van der Waals surface area contributed by atoms with Crippen LogP contribution in [0.2, 0.25) is 0 Å². The number of alkyl halides is 3. The average Bonchev–Trinajstić information content (AvgIpc) is 2.78. The van der Waals surface area contributed by atoms with Gasteiger partial charge in [0.05, 0.1) is 17.9 Å². The summed E-state index contributed by atoms with van der Waals surface area (Å²) in [6.07, 6.45) is 1.11. The van der Waals surface area contributed by atoms with Crippen LogP contribution in [0.3, 0.4) is 0 Å². The Labute approximate surface area is 181 Å². The summed E-state index contributed by atoms with van der Waals surface area (Å²) in [5.74, 6) is -0.0183. The molecule has 6 heteroatoms. The minimum Gasteiger partial charge on any atom is -0.392 e. The van der Waals surface area contributed by atoms with Gasteiger partial charge in [-0.3, -0.25) is 0 Å². The van der Waals surface area contributed by atoms with Crippen molar-refractivity contribution < 1.29 is 23.1 Å². The SMILES string of the molecule is CCc1cc(C(C)=NOCc2ccc(C3CCCCC3)c(C(F)(F)F)c2)ccc1CO. The molecule has 31 heavy (non-hydrogen) atoms. The summed E-state index contributed by atoms with van der Waals surface area (Å²) < 4.78 is 41.1. The van der Waals surface area contributed by atoms with Gasteiger partial charge in [0.25, 0.3) is 0 Å². The minimum atomic E-state index is -4.38. The van der Waals surface area contributed by atoms with E-state index in [4.69, 9.17) is 4.84 Å². The topological polar surface area (TPSA) is 41.8 Å². The molecule has 3 nitrogen and oxygen atoms in total. The highest BCUT2D eigenvalue weighted by Gasteiger charge is 2.35. The Kier molecular flexibility index (Phi) is 7.76. The van der Waals surface area contributed by atoms with Gasteiger partial charge < -0.3 is 9.94 Å². The fraction of sp³-hybridized carbons (Fsp3) is 0.480. The summed E-state index contributed by atoms with van der Waals surface area (Å²) in [6, 6.07) is 10.2. The van der Waals surface area contributed by atoms with E-state index in [1.165, 1.54) is 6.07 Å². The smallest absolute Gasteiger partial charge is 0.392 e. The normalized spacial score (nSPS) is 15.9. The van der Waals surface area contributed by atoms with Crippen molar-refractivity contribution in [1.82, 2.24) is 0 Å². The molecule has 0 radical (unpaired) electrons. The predicted octanol–water partition coefficient (Wildman–Crippen LogP) is 6.75. The molecule has 1 aliphatic carbocycles. The zero-order chi connectivity index (χ0) is 22.4. The van der Waals surface area contributed by atoms with Crippen molar-refractivity contribution in [2.24, 2.45) is 5.16 Å². The summed E-state index contributed by atoms with van der Waals surface area (Å²) >= 11 is 0. The summed E-state index contributed by atoms with van der Waals surface area (Å²) in [4.78, 5) is 5.39.